The molecule has 4 heteroatoms. The van der Waals surface area contributed by atoms with E-state index < -0.39 is 0 Å². The van der Waals surface area contributed by atoms with E-state index in [0.717, 1.165) is 0 Å². The van der Waals surface area contributed by atoms with Gasteiger partial charge in [0.1, 0.15) is 0 Å². The van der Waals surface area contributed by atoms with E-state index in [4.69, 9.17) is 0 Å². The summed E-state index contributed by atoms with van der Waals surface area (Å²) in [7, 11) is 0. The normalized spacial score (nSPS) is 0. The third-order valence-corrected chi connectivity index (χ3v) is 0. The quantitative estimate of drug-likeness (QED) is 0.340. The van der Waals surface area contributed by atoms with Gasteiger partial charge < -0.3 is 17.1 Å². The molecular weight excluding hydrogens is 199 g/mol. The summed E-state index contributed by atoms with van der Waals surface area (Å²) in [6.45, 7) is 0. The second-order valence-corrected chi connectivity index (χ2v) is 0. The summed E-state index contributed by atoms with van der Waals surface area (Å²) in [4.78, 5) is 0. The van der Waals surface area contributed by atoms with Crippen molar-refractivity contribution in [2.45, 2.75) is 0 Å². The maximum Gasteiger partial charge on any atom is 2.00 e. The Hall–Kier alpha value is 2.39. The van der Waals surface area contributed by atoms with E-state index >= 15 is 0 Å². The van der Waals surface area contributed by atoms with Gasteiger partial charge in [-0.2, -0.15) is 0 Å². The maximum atomic E-state index is 0. The Labute approximate surface area is 83.1 Å². The Morgan fingerprint density at radius 3 is 1.00 bits per heavy atom. The van der Waals surface area contributed by atoms with Crippen LogP contribution in [-0.2, 0) is 0 Å². The average Bonchev–Trinajstić information content (AvgIpc) is 0. The third kappa shape index (κ3) is 8.83. The molecule has 0 radical (unpaired) electrons. The molecule has 0 saturated carbocycles. The summed E-state index contributed by atoms with van der Waals surface area (Å²) in [5.41, 5.74) is 0. The van der Waals surface area contributed by atoms with Crippen molar-refractivity contribution < 1.29 is 36.0 Å². The van der Waals surface area contributed by atoms with E-state index in [-0.39, 0.29) is 84.9 Å². The van der Waals surface area contributed by atoms with Gasteiger partial charge in [-0.05, 0) is 0 Å². The SMILES string of the molecule is [Ba+2].[Cl-].[F-].[Li+]. The van der Waals surface area contributed by atoms with Crippen molar-refractivity contribution in [3.63, 3.8) is 0 Å². The smallest absolute Gasteiger partial charge is 1.00 e. The van der Waals surface area contributed by atoms with Gasteiger partial charge in [-0.25, -0.2) is 0 Å². The third-order valence-electron chi connectivity index (χ3n) is 0. The van der Waals surface area contributed by atoms with Gasteiger partial charge in [0, 0.05) is 0 Å². The first-order valence-electron chi connectivity index (χ1n) is 0. The van der Waals surface area contributed by atoms with Gasteiger partial charge in [0.15, 0.2) is 0 Å². The van der Waals surface area contributed by atoms with Crippen LogP contribution in [-0.4, -0.2) is 48.9 Å². The van der Waals surface area contributed by atoms with E-state index in [9.17, 15) is 0 Å². The topological polar surface area (TPSA) is 0 Å². The van der Waals surface area contributed by atoms with Crippen molar-refractivity contribution in [3.05, 3.63) is 0 Å². The van der Waals surface area contributed by atoms with Crippen molar-refractivity contribution in [1.29, 1.82) is 0 Å². The molecule has 0 rings (SSSR count). The molecule has 0 aliphatic carbocycles. The Balaban J connectivity index is 0. The standard InChI is InChI=1S/Ba.ClH.FH.Li/h;2*1H;/q+2;;;+1/p-2. The summed E-state index contributed by atoms with van der Waals surface area (Å²) in [6, 6.07) is 0. The molecule has 0 heterocycles. The van der Waals surface area contributed by atoms with Gasteiger partial charge in [0.25, 0.3) is 0 Å². The molecule has 0 aliphatic rings. The van der Waals surface area contributed by atoms with E-state index in [0.29, 0.717) is 0 Å². The second-order valence-electron chi connectivity index (χ2n) is 0. The zero-order valence-corrected chi connectivity index (χ0v) is 7.66. The number of hydrogen-bond donors (Lipinski definition) is 0. The molecule has 0 atom stereocenters. The van der Waals surface area contributed by atoms with Gasteiger partial charge >= 0.3 is 67.7 Å². The summed E-state index contributed by atoms with van der Waals surface area (Å²) in [5.74, 6) is 0. The summed E-state index contributed by atoms with van der Waals surface area (Å²) in [6.07, 6.45) is 0. The van der Waals surface area contributed by atoms with Crippen LogP contribution in [0.1, 0.15) is 0 Å². The van der Waals surface area contributed by atoms with Crippen LogP contribution >= 0.6 is 0 Å². The Morgan fingerprint density at radius 2 is 1.00 bits per heavy atom. The zero-order chi connectivity index (χ0) is 0. The van der Waals surface area contributed by atoms with E-state index in [1.807, 2.05) is 0 Å². The molecule has 16 valence electrons. The molecule has 0 N–H and O–H groups in total. The monoisotopic (exact) mass is 199 g/mol. The second kappa shape index (κ2) is 18.2. The van der Waals surface area contributed by atoms with Crippen molar-refractivity contribution in [2.75, 3.05) is 0 Å². The van der Waals surface area contributed by atoms with E-state index in [2.05, 4.69) is 0 Å². The minimum Gasteiger partial charge on any atom is -1.00 e. The fourth-order valence-corrected chi connectivity index (χ4v) is 0. The van der Waals surface area contributed by atoms with Crippen LogP contribution in [0.2, 0.25) is 0 Å². The predicted molar refractivity (Wildman–Crippen MR) is 5.75 cm³/mol. The van der Waals surface area contributed by atoms with E-state index in [1.54, 1.807) is 0 Å². The average molecular weight is 199 g/mol. The molecule has 0 nitrogen and oxygen atoms in total. The van der Waals surface area contributed by atoms with Crippen molar-refractivity contribution in [1.82, 2.24) is 0 Å². The Bertz CT molecular complexity index is 8.00. The summed E-state index contributed by atoms with van der Waals surface area (Å²) in [5, 5.41) is 0. The fourth-order valence-electron chi connectivity index (χ4n) is 0. The minimum atomic E-state index is 0. The molecular formula is BaClFLi+. The maximum absolute atomic E-state index is 0. The van der Waals surface area contributed by atoms with E-state index in [1.165, 1.54) is 0 Å². The summed E-state index contributed by atoms with van der Waals surface area (Å²) < 4.78 is 0. The van der Waals surface area contributed by atoms with Gasteiger partial charge in [0.2, 0.25) is 0 Å². The molecule has 0 bridgehead atoms. The first kappa shape index (κ1) is 32.5. The van der Waals surface area contributed by atoms with Crippen molar-refractivity contribution >= 4 is 48.9 Å². The van der Waals surface area contributed by atoms with Crippen molar-refractivity contribution in [3.8, 4) is 0 Å². The van der Waals surface area contributed by atoms with Crippen LogP contribution < -0.4 is 36.0 Å². The molecule has 0 unspecified atom stereocenters. The zero-order valence-electron chi connectivity index (χ0n) is 2.46. The molecule has 0 amide bonds. The summed E-state index contributed by atoms with van der Waals surface area (Å²) >= 11 is 0. The minimum absolute atomic E-state index is 0. The molecule has 0 aromatic rings. The molecule has 0 aromatic carbocycles. The fraction of sp³-hybridized carbons (Fsp3) is 0. The Kier molecular flexibility index (Phi) is 148. The van der Waals surface area contributed by atoms with Crippen LogP contribution in [0.3, 0.4) is 0 Å². The first-order valence-corrected chi connectivity index (χ1v) is 0. The van der Waals surface area contributed by atoms with Crippen LogP contribution in [0, 0.1) is 0 Å². The van der Waals surface area contributed by atoms with Gasteiger partial charge in [-0.3, -0.25) is 0 Å². The predicted octanol–water partition coefficient (Wildman–Crippen LogP) is -9.37. The molecule has 0 saturated heterocycles. The van der Waals surface area contributed by atoms with Gasteiger partial charge in [-0.1, -0.05) is 0 Å². The number of rotatable bonds is 0. The largest absolute Gasteiger partial charge is 2.00 e. The van der Waals surface area contributed by atoms with Crippen molar-refractivity contribution in [2.24, 2.45) is 0 Å². The molecule has 0 aromatic heterocycles. The molecule has 0 fully saturated rings. The van der Waals surface area contributed by atoms with Gasteiger partial charge in [-0.15, -0.1) is 0 Å². The van der Waals surface area contributed by atoms with Crippen LogP contribution in [0.4, 0.5) is 0 Å². The number of hydrogen-bond acceptors (Lipinski definition) is 0. The van der Waals surface area contributed by atoms with Crippen LogP contribution in [0.25, 0.3) is 0 Å². The van der Waals surface area contributed by atoms with Gasteiger partial charge in [0.05, 0.1) is 0 Å². The van der Waals surface area contributed by atoms with Crippen LogP contribution in [0.5, 0.6) is 0 Å². The molecule has 4 heavy (non-hydrogen) atoms. The molecule has 0 aliphatic heterocycles. The molecule has 0 spiro atoms. The number of halogens is 2. The van der Waals surface area contributed by atoms with Crippen LogP contribution in [0.15, 0.2) is 0 Å². The Morgan fingerprint density at radius 1 is 1.00 bits per heavy atom. The first-order chi connectivity index (χ1) is 0.